The van der Waals surface area contributed by atoms with Crippen molar-refractivity contribution in [2.24, 2.45) is 0 Å². The van der Waals surface area contributed by atoms with E-state index < -0.39 is 12.0 Å². The smallest absolute Gasteiger partial charge is 0.326 e. The Bertz CT molecular complexity index is 744. The van der Waals surface area contributed by atoms with Crippen molar-refractivity contribution in [2.75, 3.05) is 13.2 Å². The Kier molecular flexibility index (Phi) is 5.33. The van der Waals surface area contributed by atoms with E-state index in [-0.39, 0.29) is 12.5 Å². The highest BCUT2D eigenvalue weighted by atomic mass is 16.5. The number of carboxylic acids is 1. The third-order valence-corrected chi connectivity index (χ3v) is 4.42. The van der Waals surface area contributed by atoms with Crippen LogP contribution in [0.25, 0.3) is 0 Å². The summed E-state index contributed by atoms with van der Waals surface area (Å²) in [5.41, 5.74) is 2.16. The molecular weight excluding hydrogens is 318 g/mol. The van der Waals surface area contributed by atoms with Crippen LogP contribution < -0.4 is 4.74 Å². The van der Waals surface area contributed by atoms with Gasteiger partial charge in [0.05, 0.1) is 0 Å². The Hall–Kier alpha value is -2.82. The van der Waals surface area contributed by atoms with E-state index >= 15 is 0 Å². The lowest BCUT2D eigenvalue weighted by molar-refractivity contribution is -0.148. The van der Waals surface area contributed by atoms with E-state index in [2.05, 4.69) is 0 Å². The van der Waals surface area contributed by atoms with Gasteiger partial charge in [-0.05, 0) is 30.0 Å². The van der Waals surface area contributed by atoms with Gasteiger partial charge >= 0.3 is 5.97 Å². The second kappa shape index (κ2) is 7.83. The van der Waals surface area contributed by atoms with E-state index in [0.717, 1.165) is 11.1 Å². The number of aliphatic carboxylic acids is 1. The molecule has 130 valence electrons. The van der Waals surface area contributed by atoms with Crippen LogP contribution in [0.15, 0.2) is 54.6 Å². The van der Waals surface area contributed by atoms with Crippen molar-refractivity contribution in [1.82, 2.24) is 4.90 Å². The Morgan fingerprint density at radius 2 is 1.80 bits per heavy atom. The molecule has 0 aliphatic carbocycles. The minimum Gasteiger partial charge on any atom is -0.483 e. The molecular formula is C20H21NO4. The molecule has 0 bridgehead atoms. The lowest BCUT2D eigenvalue weighted by Gasteiger charge is -2.21. The van der Waals surface area contributed by atoms with Crippen LogP contribution in [0.1, 0.15) is 24.0 Å². The summed E-state index contributed by atoms with van der Waals surface area (Å²) < 4.78 is 5.73. The largest absolute Gasteiger partial charge is 0.483 e. The van der Waals surface area contributed by atoms with Gasteiger partial charge < -0.3 is 14.7 Å². The molecule has 5 heteroatoms. The molecule has 1 heterocycles. The molecule has 2 aromatic rings. The molecule has 3 rings (SSSR count). The summed E-state index contributed by atoms with van der Waals surface area (Å²) in [4.78, 5) is 25.0. The monoisotopic (exact) mass is 339 g/mol. The highest BCUT2D eigenvalue weighted by Crippen LogP contribution is 2.22. The van der Waals surface area contributed by atoms with Crippen LogP contribution in [-0.4, -0.2) is 41.1 Å². The van der Waals surface area contributed by atoms with Gasteiger partial charge in [-0.1, -0.05) is 48.5 Å². The minimum absolute atomic E-state index is 0.143. The van der Waals surface area contributed by atoms with Gasteiger partial charge in [0.1, 0.15) is 11.8 Å². The van der Waals surface area contributed by atoms with Crippen LogP contribution in [-0.2, 0) is 16.0 Å². The lowest BCUT2D eigenvalue weighted by atomic mass is 10.0. The van der Waals surface area contributed by atoms with Gasteiger partial charge in [0.15, 0.2) is 6.61 Å². The zero-order chi connectivity index (χ0) is 17.6. The second-order valence-electron chi connectivity index (χ2n) is 6.14. The van der Waals surface area contributed by atoms with Crippen molar-refractivity contribution in [3.63, 3.8) is 0 Å². The number of carbonyl (C=O) groups is 2. The molecule has 0 spiro atoms. The average molecular weight is 339 g/mol. The number of hydrogen-bond donors (Lipinski definition) is 1. The van der Waals surface area contributed by atoms with Gasteiger partial charge in [-0.15, -0.1) is 0 Å². The average Bonchev–Trinajstić information content (AvgIpc) is 3.12. The molecule has 1 amide bonds. The molecule has 1 aliphatic rings. The first-order valence-electron chi connectivity index (χ1n) is 8.42. The maximum atomic E-state index is 12.3. The highest BCUT2D eigenvalue weighted by molar-refractivity contribution is 5.85. The molecule has 1 saturated heterocycles. The van der Waals surface area contributed by atoms with Gasteiger partial charge in [0.2, 0.25) is 0 Å². The van der Waals surface area contributed by atoms with Crippen molar-refractivity contribution < 1.29 is 19.4 Å². The van der Waals surface area contributed by atoms with Gasteiger partial charge in [-0.3, -0.25) is 4.79 Å². The number of likely N-dealkylation sites (tertiary alicyclic amines) is 1. The number of ether oxygens (including phenoxy) is 1. The quantitative estimate of drug-likeness (QED) is 0.879. The summed E-state index contributed by atoms with van der Waals surface area (Å²) in [5.74, 6) is -0.569. The number of carboxylic acid groups (broad SMARTS) is 1. The number of amides is 1. The SMILES string of the molecule is O=C(O)[C@H]1CCCN1C(=O)COc1ccccc1Cc1ccccc1. The molecule has 1 atom stereocenters. The Morgan fingerprint density at radius 3 is 2.56 bits per heavy atom. The van der Waals surface area contributed by atoms with Crippen LogP contribution in [0.4, 0.5) is 0 Å². The normalized spacial score (nSPS) is 16.6. The van der Waals surface area contributed by atoms with E-state index in [9.17, 15) is 14.7 Å². The Labute approximate surface area is 146 Å². The fraction of sp³-hybridized carbons (Fsp3) is 0.300. The number of carbonyl (C=O) groups excluding carboxylic acids is 1. The fourth-order valence-electron chi connectivity index (χ4n) is 3.15. The van der Waals surface area contributed by atoms with E-state index in [0.29, 0.717) is 31.6 Å². The molecule has 0 unspecified atom stereocenters. The minimum atomic E-state index is -0.949. The predicted octanol–water partition coefficient (Wildman–Crippen LogP) is 2.73. The first-order valence-corrected chi connectivity index (χ1v) is 8.42. The zero-order valence-electron chi connectivity index (χ0n) is 13.9. The van der Waals surface area contributed by atoms with Crippen molar-refractivity contribution >= 4 is 11.9 Å². The molecule has 0 radical (unpaired) electrons. The molecule has 1 fully saturated rings. The zero-order valence-corrected chi connectivity index (χ0v) is 13.9. The number of nitrogens with zero attached hydrogens (tertiary/aromatic N) is 1. The van der Waals surface area contributed by atoms with Crippen molar-refractivity contribution in [3.05, 3.63) is 65.7 Å². The number of hydrogen-bond acceptors (Lipinski definition) is 3. The standard InChI is InChI=1S/C20H21NO4/c22-19(21-12-6-10-17(21)20(23)24)14-25-18-11-5-4-9-16(18)13-15-7-2-1-3-8-15/h1-5,7-9,11,17H,6,10,12-14H2,(H,23,24)/t17-/m1/s1. The van der Waals surface area contributed by atoms with Crippen molar-refractivity contribution in [1.29, 1.82) is 0 Å². The summed E-state index contributed by atoms with van der Waals surface area (Å²) in [6, 6.07) is 16.9. The molecule has 1 N–H and O–H groups in total. The molecule has 2 aromatic carbocycles. The third-order valence-electron chi connectivity index (χ3n) is 4.42. The van der Waals surface area contributed by atoms with Gasteiger partial charge in [-0.2, -0.15) is 0 Å². The van der Waals surface area contributed by atoms with Gasteiger partial charge in [-0.25, -0.2) is 4.79 Å². The fourth-order valence-corrected chi connectivity index (χ4v) is 3.15. The first kappa shape index (κ1) is 17.0. The number of benzene rings is 2. The summed E-state index contributed by atoms with van der Waals surface area (Å²) in [6.45, 7) is 0.334. The number of para-hydroxylation sites is 1. The van der Waals surface area contributed by atoms with Crippen LogP contribution in [0.2, 0.25) is 0 Å². The summed E-state index contributed by atoms with van der Waals surface area (Å²) in [6.07, 6.45) is 1.94. The Balaban J connectivity index is 1.65. The number of rotatable bonds is 6. The maximum Gasteiger partial charge on any atom is 0.326 e. The molecule has 1 aliphatic heterocycles. The lowest BCUT2D eigenvalue weighted by Crippen LogP contribution is -2.42. The summed E-state index contributed by atoms with van der Waals surface area (Å²) in [7, 11) is 0. The van der Waals surface area contributed by atoms with Crippen LogP contribution in [0.3, 0.4) is 0 Å². The molecule has 0 saturated carbocycles. The van der Waals surface area contributed by atoms with Crippen LogP contribution >= 0.6 is 0 Å². The van der Waals surface area contributed by atoms with Crippen LogP contribution in [0, 0.1) is 0 Å². The third kappa shape index (κ3) is 4.18. The van der Waals surface area contributed by atoms with Crippen molar-refractivity contribution in [2.45, 2.75) is 25.3 Å². The van der Waals surface area contributed by atoms with E-state index in [1.807, 2.05) is 54.6 Å². The summed E-state index contributed by atoms with van der Waals surface area (Å²) in [5, 5.41) is 9.19. The van der Waals surface area contributed by atoms with E-state index in [1.165, 1.54) is 4.90 Å². The highest BCUT2D eigenvalue weighted by Gasteiger charge is 2.33. The molecule has 0 aromatic heterocycles. The van der Waals surface area contributed by atoms with Gasteiger partial charge in [0, 0.05) is 13.0 Å². The van der Waals surface area contributed by atoms with Gasteiger partial charge in [0.25, 0.3) is 5.91 Å². The Morgan fingerprint density at radius 1 is 1.08 bits per heavy atom. The molecule has 5 nitrogen and oxygen atoms in total. The van der Waals surface area contributed by atoms with E-state index in [4.69, 9.17) is 4.74 Å². The first-order chi connectivity index (χ1) is 12.1. The maximum absolute atomic E-state index is 12.3. The summed E-state index contributed by atoms with van der Waals surface area (Å²) >= 11 is 0. The second-order valence-corrected chi connectivity index (χ2v) is 6.14. The van der Waals surface area contributed by atoms with Crippen LogP contribution in [0.5, 0.6) is 5.75 Å². The topological polar surface area (TPSA) is 66.8 Å². The molecule has 25 heavy (non-hydrogen) atoms. The predicted molar refractivity (Wildman–Crippen MR) is 93.6 cm³/mol. The van der Waals surface area contributed by atoms with E-state index in [1.54, 1.807) is 0 Å². The van der Waals surface area contributed by atoms with Crippen molar-refractivity contribution in [3.8, 4) is 5.75 Å².